The van der Waals surface area contributed by atoms with E-state index in [-0.39, 0.29) is 30.1 Å². The highest BCUT2D eigenvalue weighted by atomic mass is 127. The van der Waals surface area contributed by atoms with Crippen LogP contribution in [0.15, 0.2) is 47.7 Å². The Morgan fingerprint density at radius 1 is 1.26 bits per heavy atom. The first-order chi connectivity index (χ1) is 12.6. The first-order valence-corrected chi connectivity index (χ1v) is 9.29. The van der Waals surface area contributed by atoms with Gasteiger partial charge in [0.15, 0.2) is 5.96 Å². The summed E-state index contributed by atoms with van der Waals surface area (Å²) in [7, 11) is 1.79. The normalized spacial score (nSPS) is 12.6. The van der Waals surface area contributed by atoms with Crippen LogP contribution >= 0.6 is 24.0 Å². The van der Waals surface area contributed by atoms with Gasteiger partial charge in [0.1, 0.15) is 0 Å². The molecule has 0 amide bonds. The number of aromatic nitrogens is 2. The summed E-state index contributed by atoms with van der Waals surface area (Å²) in [6.07, 6.45) is 4.96. The van der Waals surface area contributed by atoms with Gasteiger partial charge in [0.2, 0.25) is 0 Å². The van der Waals surface area contributed by atoms with Crippen molar-refractivity contribution in [3.63, 3.8) is 0 Å². The van der Waals surface area contributed by atoms with Crippen molar-refractivity contribution in [2.45, 2.75) is 39.8 Å². The monoisotopic (exact) mass is 485 g/mol. The lowest BCUT2D eigenvalue weighted by Gasteiger charge is -2.21. The molecule has 0 fully saturated rings. The minimum absolute atomic E-state index is 0. The molecule has 2 N–H and O–H groups in total. The topological polar surface area (TPSA) is 63.5 Å². The molecule has 1 aromatic heterocycles. The van der Waals surface area contributed by atoms with E-state index < -0.39 is 0 Å². The second kappa shape index (κ2) is 12.7. The largest absolute Gasteiger partial charge is 0.378 e. The molecule has 27 heavy (non-hydrogen) atoms. The zero-order valence-corrected chi connectivity index (χ0v) is 19.0. The van der Waals surface area contributed by atoms with Crippen molar-refractivity contribution in [2.75, 3.05) is 20.2 Å². The summed E-state index contributed by atoms with van der Waals surface area (Å²) < 4.78 is 7.65. The van der Waals surface area contributed by atoms with E-state index >= 15 is 0 Å². The lowest BCUT2D eigenvalue weighted by atomic mass is 10.0. The molecule has 0 saturated heterocycles. The van der Waals surface area contributed by atoms with Crippen molar-refractivity contribution in [3.05, 3.63) is 48.3 Å². The first kappa shape index (κ1) is 23.4. The average molecular weight is 485 g/mol. The number of ether oxygens (including phenoxy) is 1. The molecule has 6 nitrogen and oxygen atoms in total. The molecular weight excluding hydrogens is 453 g/mol. The molecule has 1 atom stereocenters. The summed E-state index contributed by atoms with van der Waals surface area (Å²) in [6.45, 7) is 8.72. The molecule has 1 unspecified atom stereocenters. The van der Waals surface area contributed by atoms with Crippen LogP contribution in [0, 0.1) is 5.92 Å². The van der Waals surface area contributed by atoms with Gasteiger partial charge in [-0.05, 0) is 43.0 Å². The van der Waals surface area contributed by atoms with Gasteiger partial charge >= 0.3 is 0 Å². The molecule has 1 aromatic carbocycles. The van der Waals surface area contributed by atoms with Crippen molar-refractivity contribution < 1.29 is 4.74 Å². The number of rotatable bonds is 9. The fourth-order valence-corrected chi connectivity index (χ4v) is 2.79. The Bertz CT molecular complexity index is 673. The lowest BCUT2D eigenvalue weighted by Crippen LogP contribution is -2.38. The van der Waals surface area contributed by atoms with Gasteiger partial charge in [0, 0.05) is 39.1 Å². The molecule has 0 radical (unpaired) electrons. The third kappa shape index (κ3) is 7.88. The van der Waals surface area contributed by atoms with Gasteiger partial charge in [-0.25, -0.2) is 4.68 Å². The Balaban J connectivity index is 0.00000364. The van der Waals surface area contributed by atoms with Gasteiger partial charge in [0.05, 0.1) is 11.8 Å². The SMILES string of the molecule is CCOC(CCNC(=NC)NCc1cccc(-n2cccn2)c1)C(C)C.I. The number of hydrogen-bond donors (Lipinski definition) is 2. The van der Waals surface area contributed by atoms with Crippen molar-refractivity contribution in [2.24, 2.45) is 10.9 Å². The van der Waals surface area contributed by atoms with Crippen molar-refractivity contribution in [1.82, 2.24) is 20.4 Å². The summed E-state index contributed by atoms with van der Waals surface area (Å²) in [4.78, 5) is 4.30. The standard InChI is InChI=1S/C20H31N5O.HI/c1-5-26-19(16(2)3)10-12-22-20(21-4)23-15-17-8-6-9-18(14-17)25-13-7-11-24-25;/h6-9,11,13-14,16,19H,5,10,12,15H2,1-4H3,(H2,21,22,23);1H. The van der Waals surface area contributed by atoms with Crippen LogP contribution in [0.2, 0.25) is 0 Å². The van der Waals surface area contributed by atoms with Crippen LogP contribution in [-0.2, 0) is 11.3 Å². The number of nitrogens with zero attached hydrogens (tertiary/aromatic N) is 3. The number of hydrogen-bond acceptors (Lipinski definition) is 3. The molecule has 2 aromatic rings. The number of aliphatic imine (C=N–C) groups is 1. The van der Waals surface area contributed by atoms with Gasteiger partial charge in [-0.3, -0.25) is 4.99 Å². The highest BCUT2D eigenvalue weighted by Crippen LogP contribution is 2.10. The Morgan fingerprint density at radius 2 is 2.07 bits per heavy atom. The fourth-order valence-electron chi connectivity index (χ4n) is 2.79. The van der Waals surface area contributed by atoms with E-state index in [1.807, 2.05) is 36.0 Å². The van der Waals surface area contributed by atoms with E-state index in [2.05, 4.69) is 46.7 Å². The molecule has 7 heteroatoms. The Kier molecular flexibility index (Phi) is 11.0. The molecule has 2 rings (SSSR count). The summed E-state index contributed by atoms with van der Waals surface area (Å²) in [5, 5.41) is 11.0. The Morgan fingerprint density at radius 3 is 2.70 bits per heavy atom. The van der Waals surface area contributed by atoms with Gasteiger partial charge < -0.3 is 15.4 Å². The highest BCUT2D eigenvalue weighted by Gasteiger charge is 2.12. The number of guanidine groups is 1. The predicted octanol–water partition coefficient (Wildman–Crippen LogP) is 3.61. The van der Waals surface area contributed by atoms with E-state index in [0.717, 1.165) is 31.2 Å². The minimum atomic E-state index is 0. The van der Waals surface area contributed by atoms with Crippen LogP contribution in [0.1, 0.15) is 32.8 Å². The van der Waals surface area contributed by atoms with E-state index in [0.29, 0.717) is 12.5 Å². The van der Waals surface area contributed by atoms with Crippen molar-refractivity contribution in [1.29, 1.82) is 0 Å². The van der Waals surface area contributed by atoms with Crippen LogP contribution in [-0.4, -0.2) is 42.0 Å². The summed E-state index contributed by atoms with van der Waals surface area (Å²) in [5.41, 5.74) is 2.23. The molecule has 0 bridgehead atoms. The van der Waals surface area contributed by atoms with E-state index in [1.54, 1.807) is 13.2 Å². The zero-order valence-electron chi connectivity index (χ0n) is 16.7. The molecule has 0 aliphatic carbocycles. The maximum atomic E-state index is 5.79. The lowest BCUT2D eigenvalue weighted by molar-refractivity contribution is 0.0258. The van der Waals surface area contributed by atoms with Crippen molar-refractivity contribution >= 4 is 29.9 Å². The second-order valence-electron chi connectivity index (χ2n) is 6.50. The summed E-state index contributed by atoms with van der Waals surface area (Å²) in [5.74, 6) is 1.31. The molecular formula is C20H32IN5O. The van der Waals surface area contributed by atoms with E-state index in [9.17, 15) is 0 Å². The maximum Gasteiger partial charge on any atom is 0.191 e. The zero-order chi connectivity index (χ0) is 18.8. The maximum absolute atomic E-state index is 5.79. The molecule has 150 valence electrons. The number of halogens is 1. The van der Waals surface area contributed by atoms with Crippen LogP contribution in [0.4, 0.5) is 0 Å². The molecule has 0 aliphatic rings. The van der Waals surface area contributed by atoms with E-state index in [4.69, 9.17) is 4.74 Å². The molecule has 0 spiro atoms. The second-order valence-corrected chi connectivity index (χ2v) is 6.50. The third-order valence-electron chi connectivity index (χ3n) is 4.21. The third-order valence-corrected chi connectivity index (χ3v) is 4.21. The van der Waals surface area contributed by atoms with Gasteiger partial charge in [0.25, 0.3) is 0 Å². The number of nitrogens with one attached hydrogen (secondary N) is 2. The van der Waals surface area contributed by atoms with Gasteiger partial charge in [-0.1, -0.05) is 26.0 Å². The summed E-state index contributed by atoms with van der Waals surface area (Å²) in [6, 6.07) is 10.2. The van der Waals surface area contributed by atoms with Crippen LogP contribution in [0.3, 0.4) is 0 Å². The van der Waals surface area contributed by atoms with Gasteiger partial charge in [-0.15, -0.1) is 24.0 Å². The molecule has 0 aliphatic heterocycles. The van der Waals surface area contributed by atoms with Crippen molar-refractivity contribution in [3.8, 4) is 5.69 Å². The fraction of sp³-hybridized carbons (Fsp3) is 0.500. The Hall–Kier alpha value is -1.61. The predicted molar refractivity (Wildman–Crippen MR) is 122 cm³/mol. The van der Waals surface area contributed by atoms with Gasteiger partial charge in [-0.2, -0.15) is 5.10 Å². The summed E-state index contributed by atoms with van der Waals surface area (Å²) >= 11 is 0. The van der Waals surface area contributed by atoms with Crippen LogP contribution in [0.25, 0.3) is 5.69 Å². The van der Waals surface area contributed by atoms with E-state index in [1.165, 1.54) is 5.56 Å². The average Bonchev–Trinajstić information content (AvgIpc) is 3.18. The Labute approximate surface area is 179 Å². The van der Waals surface area contributed by atoms with Crippen LogP contribution < -0.4 is 10.6 Å². The molecule has 0 saturated carbocycles. The first-order valence-electron chi connectivity index (χ1n) is 9.29. The quantitative estimate of drug-likeness (QED) is 0.324. The van der Waals surface area contributed by atoms with Crippen LogP contribution in [0.5, 0.6) is 0 Å². The highest BCUT2D eigenvalue weighted by molar-refractivity contribution is 14.0. The molecule has 1 heterocycles. The number of benzene rings is 1. The smallest absolute Gasteiger partial charge is 0.191 e. The minimum Gasteiger partial charge on any atom is -0.378 e.